The minimum absolute atomic E-state index is 0.141. The number of aryl methyl sites for hydroxylation is 1. The van der Waals surface area contributed by atoms with Crippen LogP contribution in [-0.2, 0) is 10.2 Å². The van der Waals surface area contributed by atoms with Gasteiger partial charge in [-0.15, -0.1) is 11.3 Å². The molecule has 0 aliphatic heterocycles. The quantitative estimate of drug-likeness (QED) is 0.854. The van der Waals surface area contributed by atoms with E-state index in [0.29, 0.717) is 5.13 Å². The molecule has 21 heavy (non-hydrogen) atoms. The van der Waals surface area contributed by atoms with Crippen LogP contribution in [0.25, 0.3) is 6.08 Å². The van der Waals surface area contributed by atoms with Gasteiger partial charge in [-0.1, -0.05) is 45.0 Å². The number of anilines is 1. The van der Waals surface area contributed by atoms with Gasteiger partial charge in [0.2, 0.25) is 5.91 Å². The number of nitrogens with one attached hydrogen (secondary N) is 1. The standard InChI is InChI=1S/C17H20N2OS/c1-12-11-21-16(18-12)19-15(20)10-7-13-5-8-14(9-6-13)17(2,3)4/h5-11H,1-4H3,(H,18,19,20)/b10-7+. The van der Waals surface area contributed by atoms with Gasteiger partial charge in [0.15, 0.2) is 5.13 Å². The van der Waals surface area contributed by atoms with Crippen LogP contribution in [0.5, 0.6) is 0 Å². The second-order valence-corrected chi connectivity index (χ2v) is 6.85. The van der Waals surface area contributed by atoms with Crippen LogP contribution in [0.15, 0.2) is 35.7 Å². The van der Waals surface area contributed by atoms with Crippen molar-refractivity contribution in [2.75, 3.05) is 5.32 Å². The first kappa shape index (κ1) is 15.4. The van der Waals surface area contributed by atoms with Crippen molar-refractivity contribution in [3.8, 4) is 0 Å². The molecular weight excluding hydrogens is 280 g/mol. The molecular formula is C17H20N2OS. The van der Waals surface area contributed by atoms with Crippen molar-refractivity contribution in [1.82, 2.24) is 4.98 Å². The first-order valence-corrected chi connectivity index (χ1v) is 7.74. The number of hydrogen-bond donors (Lipinski definition) is 1. The molecule has 1 amide bonds. The molecule has 1 N–H and O–H groups in total. The van der Waals surface area contributed by atoms with Crippen molar-refractivity contribution in [2.24, 2.45) is 0 Å². The molecule has 0 saturated carbocycles. The van der Waals surface area contributed by atoms with Crippen molar-refractivity contribution in [2.45, 2.75) is 33.1 Å². The molecule has 0 aliphatic carbocycles. The Labute approximate surface area is 129 Å². The lowest BCUT2D eigenvalue weighted by atomic mass is 9.87. The van der Waals surface area contributed by atoms with Gasteiger partial charge in [-0.05, 0) is 29.5 Å². The van der Waals surface area contributed by atoms with E-state index in [1.165, 1.54) is 23.0 Å². The molecule has 2 rings (SSSR count). The molecule has 0 radical (unpaired) electrons. The number of carbonyl (C=O) groups is 1. The molecule has 3 nitrogen and oxygen atoms in total. The van der Waals surface area contributed by atoms with Crippen LogP contribution in [0, 0.1) is 6.92 Å². The van der Waals surface area contributed by atoms with Crippen LogP contribution in [0.1, 0.15) is 37.6 Å². The van der Waals surface area contributed by atoms with E-state index in [0.717, 1.165) is 11.3 Å². The predicted octanol–water partition coefficient (Wildman–Crippen LogP) is 4.40. The highest BCUT2D eigenvalue weighted by molar-refractivity contribution is 7.13. The Hall–Kier alpha value is -1.94. The molecule has 1 heterocycles. The maximum Gasteiger partial charge on any atom is 0.250 e. The maximum atomic E-state index is 11.8. The lowest BCUT2D eigenvalue weighted by Gasteiger charge is -2.18. The Morgan fingerprint density at radius 1 is 1.24 bits per heavy atom. The van der Waals surface area contributed by atoms with Crippen molar-refractivity contribution >= 4 is 28.5 Å². The molecule has 2 aromatic rings. The Morgan fingerprint density at radius 3 is 2.43 bits per heavy atom. The average molecular weight is 300 g/mol. The smallest absolute Gasteiger partial charge is 0.250 e. The second kappa shape index (κ2) is 6.22. The van der Waals surface area contributed by atoms with Crippen molar-refractivity contribution in [1.29, 1.82) is 0 Å². The Kier molecular flexibility index (Phi) is 4.58. The second-order valence-electron chi connectivity index (χ2n) is 5.99. The topological polar surface area (TPSA) is 42.0 Å². The van der Waals surface area contributed by atoms with E-state index >= 15 is 0 Å². The van der Waals surface area contributed by atoms with Gasteiger partial charge in [-0.2, -0.15) is 0 Å². The predicted molar refractivity (Wildman–Crippen MR) is 89.7 cm³/mol. The molecule has 1 aromatic carbocycles. The molecule has 0 spiro atoms. The minimum Gasteiger partial charge on any atom is -0.298 e. The molecule has 0 saturated heterocycles. The van der Waals surface area contributed by atoms with Crippen LogP contribution < -0.4 is 5.32 Å². The van der Waals surface area contributed by atoms with Crippen LogP contribution in [0.4, 0.5) is 5.13 Å². The van der Waals surface area contributed by atoms with Gasteiger partial charge >= 0.3 is 0 Å². The summed E-state index contributed by atoms with van der Waals surface area (Å²) in [6.07, 6.45) is 3.34. The maximum absolute atomic E-state index is 11.8. The summed E-state index contributed by atoms with van der Waals surface area (Å²) in [6, 6.07) is 8.25. The van der Waals surface area contributed by atoms with E-state index in [4.69, 9.17) is 0 Å². The summed E-state index contributed by atoms with van der Waals surface area (Å²) in [6.45, 7) is 8.45. The highest BCUT2D eigenvalue weighted by Gasteiger charge is 2.12. The van der Waals surface area contributed by atoms with Gasteiger partial charge in [-0.25, -0.2) is 4.98 Å². The van der Waals surface area contributed by atoms with Gasteiger partial charge in [0, 0.05) is 11.5 Å². The third-order valence-electron chi connectivity index (χ3n) is 3.05. The molecule has 4 heteroatoms. The van der Waals surface area contributed by atoms with E-state index < -0.39 is 0 Å². The average Bonchev–Trinajstić information content (AvgIpc) is 2.81. The fourth-order valence-corrected chi connectivity index (χ4v) is 2.52. The molecule has 0 atom stereocenters. The zero-order valence-corrected chi connectivity index (χ0v) is 13.6. The minimum atomic E-state index is -0.163. The third-order valence-corrected chi connectivity index (χ3v) is 3.93. The van der Waals surface area contributed by atoms with E-state index in [1.54, 1.807) is 0 Å². The molecule has 1 aromatic heterocycles. The highest BCUT2D eigenvalue weighted by atomic mass is 32.1. The summed E-state index contributed by atoms with van der Waals surface area (Å²) in [5, 5.41) is 5.29. The largest absolute Gasteiger partial charge is 0.298 e. The van der Waals surface area contributed by atoms with Gasteiger partial charge in [0.1, 0.15) is 0 Å². The van der Waals surface area contributed by atoms with E-state index in [9.17, 15) is 4.79 Å². The summed E-state index contributed by atoms with van der Waals surface area (Å²) < 4.78 is 0. The molecule has 0 fully saturated rings. The fraction of sp³-hybridized carbons (Fsp3) is 0.294. The van der Waals surface area contributed by atoms with E-state index in [-0.39, 0.29) is 11.3 Å². The van der Waals surface area contributed by atoms with Gasteiger partial charge in [0.05, 0.1) is 5.69 Å². The summed E-state index contributed by atoms with van der Waals surface area (Å²) in [5.74, 6) is -0.163. The third kappa shape index (κ3) is 4.53. The van der Waals surface area contributed by atoms with Crippen LogP contribution in [0.2, 0.25) is 0 Å². The first-order chi connectivity index (χ1) is 9.84. The van der Waals surface area contributed by atoms with E-state index in [1.807, 2.05) is 30.5 Å². The molecule has 0 aliphatic rings. The summed E-state index contributed by atoms with van der Waals surface area (Å²) in [7, 11) is 0. The van der Waals surface area contributed by atoms with E-state index in [2.05, 4.69) is 43.2 Å². The Morgan fingerprint density at radius 2 is 1.90 bits per heavy atom. The Bertz CT molecular complexity index is 648. The lowest BCUT2D eigenvalue weighted by molar-refractivity contribution is -0.111. The lowest BCUT2D eigenvalue weighted by Crippen LogP contribution is -2.10. The number of rotatable bonds is 3. The number of hydrogen-bond acceptors (Lipinski definition) is 3. The number of thiazole rings is 1. The van der Waals surface area contributed by atoms with Gasteiger partial charge < -0.3 is 0 Å². The molecule has 0 bridgehead atoms. The number of benzene rings is 1. The van der Waals surface area contributed by atoms with Crippen LogP contribution in [-0.4, -0.2) is 10.9 Å². The summed E-state index contributed by atoms with van der Waals surface area (Å²) >= 11 is 1.43. The number of amides is 1. The fourth-order valence-electron chi connectivity index (χ4n) is 1.82. The van der Waals surface area contributed by atoms with Crippen molar-refractivity contribution < 1.29 is 4.79 Å². The monoisotopic (exact) mass is 300 g/mol. The first-order valence-electron chi connectivity index (χ1n) is 6.86. The zero-order valence-electron chi connectivity index (χ0n) is 12.8. The number of aromatic nitrogens is 1. The van der Waals surface area contributed by atoms with Crippen molar-refractivity contribution in [3.05, 3.63) is 52.5 Å². The summed E-state index contributed by atoms with van der Waals surface area (Å²) in [5.41, 5.74) is 3.34. The number of nitrogens with zero attached hydrogens (tertiary/aromatic N) is 1. The van der Waals surface area contributed by atoms with Crippen LogP contribution in [0.3, 0.4) is 0 Å². The number of carbonyl (C=O) groups excluding carboxylic acids is 1. The molecule has 0 unspecified atom stereocenters. The zero-order chi connectivity index (χ0) is 15.5. The summed E-state index contributed by atoms with van der Waals surface area (Å²) in [4.78, 5) is 16.0. The highest BCUT2D eigenvalue weighted by Crippen LogP contribution is 2.22. The normalized spacial score (nSPS) is 11.8. The SMILES string of the molecule is Cc1csc(NC(=O)/C=C/c2ccc(C(C)(C)C)cc2)n1. The molecule has 110 valence electrons. The van der Waals surface area contributed by atoms with Crippen molar-refractivity contribution in [3.63, 3.8) is 0 Å². The van der Waals surface area contributed by atoms with Gasteiger partial charge in [0.25, 0.3) is 0 Å². The Balaban J connectivity index is 1.99. The van der Waals surface area contributed by atoms with Gasteiger partial charge in [-0.3, -0.25) is 10.1 Å². The van der Waals surface area contributed by atoms with Crippen LogP contribution >= 0.6 is 11.3 Å².